The van der Waals surface area contributed by atoms with Gasteiger partial charge in [-0.05, 0) is 61.0 Å². The normalized spacial score (nSPS) is 11.3. The summed E-state index contributed by atoms with van der Waals surface area (Å²) in [6, 6.07) is 11.0. The molecule has 0 aliphatic rings. The van der Waals surface area contributed by atoms with Crippen molar-refractivity contribution in [2.75, 3.05) is 16.8 Å². The van der Waals surface area contributed by atoms with Gasteiger partial charge in [-0.15, -0.1) is 0 Å². The number of carbonyl (C=O) groups is 2. The summed E-state index contributed by atoms with van der Waals surface area (Å²) < 4.78 is 60.4. The van der Waals surface area contributed by atoms with Gasteiger partial charge in [0.05, 0.1) is 27.2 Å². The van der Waals surface area contributed by atoms with Crippen LogP contribution < -0.4 is 26.0 Å². The molecule has 204 valence electrons. The molecule has 1 heterocycles. The minimum Gasteiger partial charge on any atom is -0.457 e. The second-order valence-electron chi connectivity index (χ2n) is 8.32. The maximum atomic E-state index is 14.4. The van der Waals surface area contributed by atoms with Crippen LogP contribution in [0.4, 0.5) is 43.7 Å². The summed E-state index contributed by atoms with van der Waals surface area (Å²) in [5.74, 6) is -0.258. The zero-order valence-electron chi connectivity index (χ0n) is 20.5. The predicted octanol–water partition coefficient (Wildman–Crippen LogP) is 7.38. The van der Waals surface area contributed by atoms with Crippen molar-refractivity contribution in [3.63, 3.8) is 0 Å². The van der Waals surface area contributed by atoms with Crippen molar-refractivity contribution in [1.29, 1.82) is 0 Å². The van der Waals surface area contributed by atoms with Gasteiger partial charge in [-0.25, -0.2) is 19.0 Å². The zero-order chi connectivity index (χ0) is 28.2. The van der Waals surface area contributed by atoms with Crippen LogP contribution in [0, 0.1) is 5.82 Å². The van der Waals surface area contributed by atoms with Gasteiger partial charge in [-0.2, -0.15) is 13.2 Å². The third-order valence-electron chi connectivity index (χ3n) is 5.46. The average molecular weight is 562 g/mol. The second-order valence-corrected chi connectivity index (χ2v) is 9.35. The Balaban J connectivity index is 1.50. The molecule has 0 saturated heterocycles. The first-order valence-corrected chi connectivity index (χ1v) is 12.6. The number of unbranched alkanes of at least 4 members (excludes halogenated alkanes) is 1. The molecule has 0 saturated carbocycles. The number of thiazole rings is 1. The maximum Gasteiger partial charge on any atom is 0.416 e. The first-order valence-electron chi connectivity index (χ1n) is 11.7. The van der Waals surface area contributed by atoms with E-state index in [2.05, 4.69) is 15.6 Å². The molecule has 0 aliphatic heterocycles. The maximum absolute atomic E-state index is 14.4. The number of benzene rings is 3. The lowest BCUT2D eigenvalue weighted by atomic mass is 10.1. The highest BCUT2D eigenvalue weighted by molar-refractivity contribution is 7.22. The van der Waals surface area contributed by atoms with Crippen LogP contribution in [0.15, 0.2) is 60.7 Å². The van der Waals surface area contributed by atoms with E-state index in [1.807, 2.05) is 6.92 Å². The van der Waals surface area contributed by atoms with Crippen molar-refractivity contribution < 1.29 is 31.9 Å². The molecule has 4 aromatic rings. The summed E-state index contributed by atoms with van der Waals surface area (Å²) in [5, 5.41) is 5.88. The van der Waals surface area contributed by atoms with Crippen LogP contribution in [0.3, 0.4) is 0 Å². The predicted molar refractivity (Wildman–Crippen MR) is 141 cm³/mol. The van der Waals surface area contributed by atoms with Gasteiger partial charge in [0.2, 0.25) is 0 Å². The Kier molecular flexibility index (Phi) is 8.19. The summed E-state index contributed by atoms with van der Waals surface area (Å²) in [6.45, 7) is 2.59. The number of alkyl halides is 3. The highest BCUT2D eigenvalue weighted by atomic mass is 32.1. The molecule has 13 heteroatoms. The highest BCUT2D eigenvalue weighted by Crippen LogP contribution is 2.36. The summed E-state index contributed by atoms with van der Waals surface area (Å²) in [7, 11) is 0. The van der Waals surface area contributed by atoms with Crippen LogP contribution in [-0.4, -0.2) is 23.6 Å². The number of nitrogens with two attached hydrogens (primary N) is 1. The lowest BCUT2D eigenvalue weighted by Gasteiger charge is -2.22. The summed E-state index contributed by atoms with van der Waals surface area (Å²) in [4.78, 5) is 29.1. The molecule has 0 bridgehead atoms. The Bertz CT molecular complexity index is 1490. The average Bonchev–Trinajstić information content (AvgIpc) is 3.27. The number of anilines is 3. The van der Waals surface area contributed by atoms with Crippen LogP contribution in [0.2, 0.25) is 0 Å². The fourth-order valence-electron chi connectivity index (χ4n) is 3.59. The Morgan fingerprint density at radius 1 is 1.05 bits per heavy atom. The molecular weight excluding hydrogens is 538 g/mol. The molecule has 1 aromatic heterocycles. The molecule has 0 aliphatic carbocycles. The number of nitrogens with zero attached hydrogens (tertiary/aromatic N) is 2. The third kappa shape index (κ3) is 6.74. The number of urea groups is 2. The van der Waals surface area contributed by atoms with Gasteiger partial charge < -0.3 is 15.8 Å². The number of primary amides is 1. The highest BCUT2D eigenvalue weighted by Gasteiger charge is 2.32. The second kappa shape index (κ2) is 11.6. The van der Waals surface area contributed by atoms with E-state index in [0.717, 1.165) is 17.5 Å². The fraction of sp³-hybridized carbons (Fsp3) is 0.192. The lowest BCUT2D eigenvalue weighted by Crippen LogP contribution is -2.32. The van der Waals surface area contributed by atoms with E-state index in [1.165, 1.54) is 35.6 Å². The van der Waals surface area contributed by atoms with E-state index < -0.39 is 29.3 Å². The van der Waals surface area contributed by atoms with E-state index >= 15 is 0 Å². The van der Waals surface area contributed by atoms with Gasteiger partial charge >= 0.3 is 18.2 Å². The molecule has 39 heavy (non-hydrogen) atoms. The number of rotatable bonds is 8. The zero-order valence-corrected chi connectivity index (χ0v) is 21.3. The standard InChI is InChI=1S/C26H23F4N5O3S/c1-2-3-12-32-24(37)34-25-33-20-11-9-18(14-22(20)39-25)38-17-7-5-16(6-8-17)35(23(31)36)21-13-15(26(28,29)30)4-10-19(21)27/h4-11,13-14H,2-3,12H2,1H3,(H2,31,36)(H2,32,33,34,37). The number of hydrogen-bond donors (Lipinski definition) is 3. The van der Waals surface area contributed by atoms with Gasteiger partial charge in [0.15, 0.2) is 5.13 Å². The van der Waals surface area contributed by atoms with Crippen LogP contribution in [0.1, 0.15) is 25.3 Å². The monoisotopic (exact) mass is 561 g/mol. The van der Waals surface area contributed by atoms with Crippen molar-refractivity contribution >= 4 is 50.1 Å². The Morgan fingerprint density at radius 3 is 2.44 bits per heavy atom. The van der Waals surface area contributed by atoms with Crippen LogP contribution in [0.5, 0.6) is 11.5 Å². The molecule has 4 N–H and O–H groups in total. The van der Waals surface area contributed by atoms with Crippen molar-refractivity contribution in [2.24, 2.45) is 5.73 Å². The Labute approximate surface area is 224 Å². The van der Waals surface area contributed by atoms with Crippen molar-refractivity contribution in [3.8, 4) is 11.5 Å². The molecule has 8 nitrogen and oxygen atoms in total. The van der Waals surface area contributed by atoms with Crippen molar-refractivity contribution in [3.05, 3.63) is 72.0 Å². The van der Waals surface area contributed by atoms with Gasteiger partial charge in [0, 0.05) is 12.6 Å². The Morgan fingerprint density at radius 2 is 1.77 bits per heavy atom. The van der Waals surface area contributed by atoms with Gasteiger partial charge in [0.25, 0.3) is 0 Å². The van der Waals surface area contributed by atoms with Gasteiger partial charge in [-0.3, -0.25) is 10.2 Å². The number of carbonyl (C=O) groups excluding carboxylic acids is 2. The molecule has 0 unspecified atom stereocenters. The molecular formula is C26H23F4N5O3S. The molecule has 0 atom stereocenters. The van der Waals surface area contributed by atoms with Gasteiger partial charge in [-0.1, -0.05) is 24.7 Å². The lowest BCUT2D eigenvalue weighted by molar-refractivity contribution is -0.137. The van der Waals surface area contributed by atoms with Crippen molar-refractivity contribution in [1.82, 2.24) is 10.3 Å². The molecule has 4 rings (SSSR count). The molecule has 0 fully saturated rings. The largest absolute Gasteiger partial charge is 0.457 e. The Hall–Kier alpha value is -4.39. The van der Waals surface area contributed by atoms with Crippen LogP contribution >= 0.6 is 11.3 Å². The SMILES string of the molecule is CCCCNC(=O)Nc1nc2ccc(Oc3ccc(N(C(N)=O)c4cc(C(F)(F)F)ccc4F)cc3)cc2s1. The fourth-order valence-corrected chi connectivity index (χ4v) is 4.48. The number of aromatic nitrogens is 1. The van der Waals surface area contributed by atoms with E-state index in [4.69, 9.17) is 10.5 Å². The molecule has 3 aromatic carbocycles. The molecule has 4 amide bonds. The summed E-state index contributed by atoms with van der Waals surface area (Å²) >= 11 is 1.26. The molecule has 0 spiro atoms. The van der Waals surface area contributed by atoms with E-state index in [9.17, 15) is 27.2 Å². The number of halogens is 4. The number of nitrogens with one attached hydrogen (secondary N) is 2. The minimum absolute atomic E-state index is 0.0407. The summed E-state index contributed by atoms with van der Waals surface area (Å²) in [6.07, 6.45) is -2.90. The quantitative estimate of drug-likeness (QED) is 0.154. The van der Waals surface area contributed by atoms with Crippen LogP contribution in [-0.2, 0) is 6.18 Å². The number of ether oxygens (including phenoxy) is 1. The first-order chi connectivity index (χ1) is 18.5. The van der Waals surface area contributed by atoms with E-state index in [-0.39, 0.29) is 11.7 Å². The third-order valence-corrected chi connectivity index (χ3v) is 6.40. The topological polar surface area (TPSA) is 110 Å². The van der Waals surface area contributed by atoms with E-state index in [0.29, 0.717) is 51.8 Å². The van der Waals surface area contributed by atoms with E-state index in [1.54, 1.807) is 18.2 Å². The molecule has 0 radical (unpaired) electrons. The van der Waals surface area contributed by atoms with Crippen molar-refractivity contribution in [2.45, 2.75) is 25.9 Å². The minimum atomic E-state index is -4.74. The van der Waals surface area contributed by atoms with Crippen LogP contribution in [0.25, 0.3) is 10.2 Å². The summed E-state index contributed by atoms with van der Waals surface area (Å²) in [5.41, 5.74) is 4.32. The number of amides is 4. The smallest absolute Gasteiger partial charge is 0.416 e. The number of fused-ring (bicyclic) bond motifs is 1. The first kappa shape index (κ1) is 27.6. The van der Waals surface area contributed by atoms with Gasteiger partial charge in [0.1, 0.15) is 17.3 Å². The number of hydrogen-bond acceptors (Lipinski definition) is 5.